The van der Waals surface area contributed by atoms with Crippen LogP contribution in [0.1, 0.15) is 37.7 Å². The maximum atomic E-state index is 12.6. The molecule has 0 saturated carbocycles. The number of hydrogen-bond donors (Lipinski definition) is 1. The van der Waals surface area contributed by atoms with Gasteiger partial charge in [-0.2, -0.15) is 10.4 Å². The molecular weight excluding hydrogens is 526 g/mol. The molecule has 0 unspecified atom stereocenters. The van der Waals surface area contributed by atoms with E-state index in [1.807, 2.05) is 62.4 Å². The topological polar surface area (TPSA) is 123 Å². The van der Waals surface area contributed by atoms with Crippen molar-refractivity contribution in [1.82, 2.24) is 9.99 Å². The fourth-order valence-electron chi connectivity index (χ4n) is 4.40. The Morgan fingerprint density at radius 3 is 2.65 bits per heavy atom. The summed E-state index contributed by atoms with van der Waals surface area (Å²) in [6.07, 6.45) is 1.60. The first-order chi connectivity index (χ1) is 19.3. The van der Waals surface area contributed by atoms with Gasteiger partial charge in [0.2, 0.25) is 0 Å². The molecular formula is C30H23N5O4S. The highest BCUT2D eigenvalue weighted by atomic mass is 32.1. The number of fused-ring (bicyclic) bond motifs is 1. The number of aryl methyl sites for hydroxylation is 1. The molecule has 0 radical (unpaired) electrons. The molecule has 5 aromatic rings. The van der Waals surface area contributed by atoms with Gasteiger partial charge in [-0.15, -0.1) is 11.3 Å². The van der Waals surface area contributed by atoms with E-state index in [2.05, 4.69) is 21.2 Å². The van der Waals surface area contributed by atoms with Crippen molar-refractivity contribution in [2.45, 2.75) is 20.5 Å². The lowest BCUT2D eigenvalue weighted by Crippen LogP contribution is -2.16. The minimum absolute atomic E-state index is 0.0193. The van der Waals surface area contributed by atoms with Gasteiger partial charge in [-0.3, -0.25) is 14.9 Å². The summed E-state index contributed by atoms with van der Waals surface area (Å²) in [5.74, 6) is 0.307. The van der Waals surface area contributed by atoms with Crippen LogP contribution in [0.2, 0.25) is 0 Å². The number of carbonyl (C=O) groups excluding carboxylic acids is 1. The van der Waals surface area contributed by atoms with Crippen LogP contribution in [-0.4, -0.2) is 21.6 Å². The number of nitro groups is 1. The minimum Gasteiger partial charge on any atom is -0.489 e. The molecule has 0 aliphatic rings. The molecule has 2 heterocycles. The molecule has 10 heteroatoms. The molecule has 0 spiro atoms. The van der Waals surface area contributed by atoms with Crippen molar-refractivity contribution in [3.05, 3.63) is 122 Å². The van der Waals surface area contributed by atoms with E-state index in [-0.39, 0.29) is 11.6 Å². The van der Waals surface area contributed by atoms with Crippen LogP contribution in [0.15, 0.2) is 84.0 Å². The maximum Gasteiger partial charge on any atom is 0.281 e. The van der Waals surface area contributed by atoms with Crippen molar-refractivity contribution in [1.29, 1.82) is 5.26 Å². The van der Waals surface area contributed by atoms with E-state index in [4.69, 9.17) is 4.74 Å². The lowest BCUT2D eigenvalue weighted by atomic mass is 10.1. The largest absolute Gasteiger partial charge is 0.489 e. The molecule has 3 aromatic carbocycles. The molecule has 198 valence electrons. The zero-order valence-electron chi connectivity index (χ0n) is 21.6. The number of thiophene rings is 1. The number of ether oxygens (including phenoxy) is 1. The molecule has 1 N–H and O–H groups in total. The highest BCUT2D eigenvalue weighted by Gasteiger charge is 2.14. The van der Waals surface area contributed by atoms with Gasteiger partial charge in [0.1, 0.15) is 12.4 Å². The van der Waals surface area contributed by atoms with Gasteiger partial charge in [-0.25, -0.2) is 5.43 Å². The van der Waals surface area contributed by atoms with E-state index in [0.29, 0.717) is 28.2 Å². The minimum atomic E-state index is -0.460. The van der Waals surface area contributed by atoms with Crippen LogP contribution in [-0.2, 0) is 6.61 Å². The van der Waals surface area contributed by atoms with Crippen molar-refractivity contribution >= 4 is 39.2 Å². The molecule has 0 fully saturated rings. The summed E-state index contributed by atoms with van der Waals surface area (Å²) in [6.45, 7) is 4.26. The van der Waals surface area contributed by atoms with Crippen LogP contribution >= 0.6 is 11.3 Å². The summed E-state index contributed by atoms with van der Waals surface area (Å²) in [5, 5.41) is 25.1. The first kappa shape index (κ1) is 26.3. The van der Waals surface area contributed by atoms with Gasteiger partial charge in [-0.05, 0) is 62.4 Å². The quantitative estimate of drug-likeness (QED) is 0.136. The number of carbonyl (C=O) groups is 1. The number of non-ortho nitro benzene ring substituents is 1. The van der Waals surface area contributed by atoms with E-state index >= 15 is 0 Å². The molecule has 1 amide bonds. The zero-order valence-corrected chi connectivity index (χ0v) is 22.4. The summed E-state index contributed by atoms with van der Waals surface area (Å²) in [4.78, 5) is 23.6. The number of aromatic nitrogens is 1. The summed E-state index contributed by atoms with van der Waals surface area (Å²) in [5.41, 5.74) is 7.69. The number of nitriles is 1. The first-order valence-corrected chi connectivity index (χ1v) is 13.1. The first-order valence-electron chi connectivity index (χ1n) is 12.3. The SMILES string of the molecule is Cc1cc(/C=N\NC(=O)c2cc3cc([N+](=O)[O-])ccc3s2)c(C)n1-c1ccc(OCc2ccccc2C#N)cc1. The second kappa shape index (κ2) is 11.2. The lowest BCUT2D eigenvalue weighted by Gasteiger charge is -2.12. The summed E-state index contributed by atoms with van der Waals surface area (Å²) >= 11 is 1.25. The molecule has 0 aliphatic heterocycles. The molecule has 2 aromatic heterocycles. The normalized spacial score (nSPS) is 11.0. The van der Waals surface area contributed by atoms with Gasteiger partial charge in [-0.1, -0.05) is 18.2 Å². The van der Waals surface area contributed by atoms with E-state index in [1.165, 1.54) is 23.5 Å². The Kier molecular flexibility index (Phi) is 7.39. The number of nitrogens with zero attached hydrogens (tertiary/aromatic N) is 4. The van der Waals surface area contributed by atoms with Crippen molar-refractivity contribution in [2.75, 3.05) is 0 Å². The number of rotatable bonds is 8. The molecule has 0 bridgehead atoms. The molecule has 40 heavy (non-hydrogen) atoms. The van der Waals surface area contributed by atoms with Crippen molar-refractivity contribution in [2.24, 2.45) is 5.10 Å². The predicted octanol–water partition coefficient (Wildman–Crippen LogP) is 6.43. The van der Waals surface area contributed by atoms with Crippen LogP contribution in [0, 0.1) is 35.3 Å². The van der Waals surface area contributed by atoms with Crippen LogP contribution in [0.3, 0.4) is 0 Å². The predicted molar refractivity (Wildman–Crippen MR) is 154 cm³/mol. The highest BCUT2D eigenvalue weighted by molar-refractivity contribution is 7.20. The Morgan fingerprint density at radius 1 is 1.12 bits per heavy atom. The molecule has 0 atom stereocenters. The van der Waals surface area contributed by atoms with E-state index in [0.717, 1.165) is 32.9 Å². The number of benzene rings is 3. The third-order valence-corrected chi connectivity index (χ3v) is 7.52. The summed E-state index contributed by atoms with van der Waals surface area (Å²) in [7, 11) is 0. The number of nitro benzene ring substituents is 1. The van der Waals surface area contributed by atoms with Crippen LogP contribution in [0.25, 0.3) is 15.8 Å². The Balaban J connectivity index is 1.25. The van der Waals surface area contributed by atoms with Crippen LogP contribution < -0.4 is 10.2 Å². The Labute approximate surface area is 233 Å². The Morgan fingerprint density at radius 2 is 1.90 bits per heavy atom. The fourth-order valence-corrected chi connectivity index (χ4v) is 5.33. The summed E-state index contributed by atoms with van der Waals surface area (Å²) in [6, 6.07) is 25.3. The Hall–Kier alpha value is -5.27. The maximum absolute atomic E-state index is 12.6. The number of hydrazone groups is 1. The van der Waals surface area contributed by atoms with Crippen molar-refractivity contribution in [3.8, 4) is 17.5 Å². The third kappa shape index (κ3) is 5.45. The number of amides is 1. The smallest absolute Gasteiger partial charge is 0.281 e. The molecule has 0 aliphatic carbocycles. The van der Waals surface area contributed by atoms with Gasteiger partial charge in [0.25, 0.3) is 11.6 Å². The molecule has 0 saturated heterocycles. The van der Waals surface area contributed by atoms with Crippen molar-refractivity contribution < 1.29 is 14.5 Å². The average Bonchev–Trinajstić information content (AvgIpc) is 3.52. The highest BCUT2D eigenvalue weighted by Crippen LogP contribution is 2.29. The fraction of sp³-hybridized carbons (Fsp3) is 0.100. The summed E-state index contributed by atoms with van der Waals surface area (Å²) < 4.78 is 8.75. The number of nitrogens with one attached hydrogen (secondary N) is 1. The Bertz CT molecular complexity index is 1810. The standard InChI is InChI=1S/C30H23N5O4S/c1-19-13-24(17-32-33-30(36)29-15-23-14-26(35(37)38)9-12-28(23)40-29)20(2)34(19)25-7-10-27(11-8-25)39-18-22-6-4-3-5-21(22)16-31/h3-15,17H,18H2,1-2H3,(H,33,36)/b32-17-. The van der Waals surface area contributed by atoms with E-state index < -0.39 is 4.92 Å². The van der Waals surface area contributed by atoms with Gasteiger partial charge in [0.05, 0.1) is 27.6 Å². The van der Waals surface area contributed by atoms with Crippen LogP contribution in [0.5, 0.6) is 5.75 Å². The van der Waals surface area contributed by atoms with Gasteiger partial charge in [0, 0.05) is 50.4 Å². The average molecular weight is 550 g/mol. The van der Waals surface area contributed by atoms with Gasteiger partial charge < -0.3 is 9.30 Å². The molecule has 5 rings (SSSR count). The van der Waals surface area contributed by atoms with Gasteiger partial charge in [0.15, 0.2) is 0 Å². The van der Waals surface area contributed by atoms with Crippen LogP contribution in [0.4, 0.5) is 5.69 Å². The number of hydrogen-bond acceptors (Lipinski definition) is 7. The zero-order chi connectivity index (χ0) is 28.2. The monoisotopic (exact) mass is 549 g/mol. The van der Waals surface area contributed by atoms with E-state index in [1.54, 1.807) is 24.4 Å². The van der Waals surface area contributed by atoms with E-state index in [9.17, 15) is 20.2 Å². The molecule has 9 nitrogen and oxygen atoms in total. The van der Waals surface area contributed by atoms with Gasteiger partial charge >= 0.3 is 0 Å². The second-order valence-corrected chi connectivity index (χ2v) is 10.1. The second-order valence-electron chi connectivity index (χ2n) is 9.00. The lowest BCUT2D eigenvalue weighted by molar-refractivity contribution is -0.384. The van der Waals surface area contributed by atoms with Crippen molar-refractivity contribution in [3.63, 3.8) is 0 Å². The third-order valence-electron chi connectivity index (χ3n) is 6.40.